The van der Waals surface area contributed by atoms with Crippen LogP contribution in [-0.2, 0) is 4.79 Å². The van der Waals surface area contributed by atoms with Gasteiger partial charge in [0.2, 0.25) is 11.8 Å². The average Bonchev–Trinajstić information content (AvgIpc) is 2.90. The summed E-state index contributed by atoms with van der Waals surface area (Å²) in [5, 5.41) is 2.87. The van der Waals surface area contributed by atoms with Gasteiger partial charge in [-0.05, 0) is 37.3 Å². The highest BCUT2D eigenvalue weighted by atomic mass is 16.3. The van der Waals surface area contributed by atoms with Crippen LogP contribution in [0.15, 0.2) is 46.9 Å². The van der Waals surface area contributed by atoms with Crippen molar-refractivity contribution in [2.45, 2.75) is 20.8 Å². The molecule has 2 aromatic carbocycles. The van der Waals surface area contributed by atoms with Crippen molar-refractivity contribution in [2.24, 2.45) is 5.92 Å². The molecule has 4 nitrogen and oxygen atoms in total. The number of aromatic nitrogens is 1. The fraction of sp³-hybridized carbons (Fsp3) is 0.222. The number of oxazole rings is 1. The molecule has 0 bridgehead atoms. The summed E-state index contributed by atoms with van der Waals surface area (Å²) in [5.41, 5.74) is 4.28. The molecule has 0 aliphatic heterocycles. The van der Waals surface area contributed by atoms with Crippen LogP contribution in [0, 0.1) is 12.8 Å². The molecule has 0 radical (unpaired) electrons. The number of nitrogens with zero attached hydrogens (tertiary/aromatic N) is 1. The van der Waals surface area contributed by atoms with Gasteiger partial charge in [0.15, 0.2) is 5.58 Å². The first-order chi connectivity index (χ1) is 10.5. The first kappa shape index (κ1) is 14.3. The molecule has 1 heterocycles. The summed E-state index contributed by atoms with van der Waals surface area (Å²) in [5.74, 6) is 0.517. The molecule has 0 aliphatic carbocycles. The van der Waals surface area contributed by atoms with Crippen LogP contribution in [0.4, 0.5) is 5.69 Å². The van der Waals surface area contributed by atoms with Crippen molar-refractivity contribution >= 4 is 22.7 Å². The molecule has 22 heavy (non-hydrogen) atoms. The lowest BCUT2D eigenvalue weighted by atomic mass is 10.1. The minimum atomic E-state index is -0.0594. The lowest BCUT2D eigenvalue weighted by Gasteiger charge is -2.06. The molecular weight excluding hydrogens is 276 g/mol. The van der Waals surface area contributed by atoms with Gasteiger partial charge in [0.25, 0.3) is 0 Å². The van der Waals surface area contributed by atoms with Crippen LogP contribution in [0.1, 0.15) is 19.4 Å². The van der Waals surface area contributed by atoms with Crippen LogP contribution >= 0.6 is 0 Å². The van der Waals surface area contributed by atoms with E-state index < -0.39 is 0 Å². The highest BCUT2D eigenvalue weighted by molar-refractivity contribution is 5.94. The van der Waals surface area contributed by atoms with E-state index in [9.17, 15) is 4.79 Å². The van der Waals surface area contributed by atoms with Gasteiger partial charge in [0.05, 0.1) is 0 Å². The Morgan fingerprint density at radius 2 is 2.00 bits per heavy atom. The predicted molar refractivity (Wildman–Crippen MR) is 87.6 cm³/mol. The standard InChI is InChI=1S/C18H18N2O2/c1-11(2)17(21)19-14-7-8-16-15(10-14)20-18(22-16)13-6-4-5-12(3)9-13/h4-11H,1-3H3,(H,19,21). The molecule has 0 saturated heterocycles. The van der Waals surface area contributed by atoms with Gasteiger partial charge >= 0.3 is 0 Å². The summed E-state index contributed by atoms with van der Waals surface area (Å²) in [6.45, 7) is 5.76. The number of benzene rings is 2. The van der Waals surface area contributed by atoms with Crippen molar-refractivity contribution in [3.05, 3.63) is 48.0 Å². The first-order valence-corrected chi connectivity index (χ1v) is 7.31. The van der Waals surface area contributed by atoms with E-state index in [0.717, 1.165) is 22.3 Å². The van der Waals surface area contributed by atoms with E-state index in [4.69, 9.17) is 4.42 Å². The minimum absolute atomic E-state index is 0.0123. The highest BCUT2D eigenvalue weighted by Crippen LogP contribution is 2.26. The van der Waals surface area contributed by atoms with Crippen molar-refractivity contribution < 1.29 is 9.21 Å². The Morgan fingerprint density at radius 1 is 1.18 bits per heavy atom. The van der Waals surface area contributed by atoms with Gasteiger partial charge in [-0.3, -0.25) is 4.79 Å². The molecule has 0 spiro atoms. The van der Waals surface area contributed by atoms with Crippen LogP contribution in [-0.4, -0.2) is 10.9 Å². The predicted octanol–water partition coefficient (Wildman–Crippen LogP) is 4.40. The number of aryl methyl sites for hydroxylation is 1. The van der Waals surface area contributed by atoms with E-state index in [-0.39, 0.29) is 11.8 Å². The maximum Gasteiger partial charge on any atom is 0.227 e. The van der Waals surface area contributed by atoms with Crippen molar-refractivity contribution in [2.75, 3.05) is 5.32 Å². The van der Waals surface area contributed by atoms with E-state index in [1.54, 1.807) is 0 Å². The molecule has 0 aliphatic rings. The van der Waals surface area contributed by atoms with Gasteiger partial charge in [0.1, 0.15) is 5.52 Å². The monoisotopic (exact) mass is 294 g/mol. The van der Waals surface area contributed by atoms with Crippen LogP contribution < -0.4 is 5.32 Å². The maximum absolute atomic E-state index is 11.8. The number of fused-ring (bicyclic) bond motifs is 1. The fourth-order valence-electron chi connectivity index (χ4n) is 2.19. The van der Waals surface area contributed by atoms with Gasteiger partial charge in [0, 0.05) is 17.2 Å². The first-order valence-electron chi connectivity index (χ1n) is 7.31. The van der Waals surface area contributed by atoms with Crippen LogP contribution in [0.5, 0.6) is 0 Å². The number of amides is 1. The van der Waals surface area contributed by atoms with Crippen molar-refractivity contribution in [3.8, 4) is 11.5 Å². The molecule has 4 heteroatoms. The number of nitrogens with one attached hydrogen (secondary N) is 1. The van der Waals surface area contributed by atoms with E-state index in [1.807, 2.05) is 63.2 Å². The molecule has 0 fully saturated rings. The Hall–Kier alpha value is -2.62. The highest BCUT2D eigenvalue weighted by Gasteiger charge is 2.11. The lowest BCUT2D eigenvalue weighted by molar-refractivity contribution is -0.118. The van der Waals surface area contributed by atoms with E-state index in [0.29, 0.717) is 11.5 Å². The number of anilines is 1. The lowest BCUT2D eigenvalue weighted by Crippen LogP contribution is -2.17. The van der Waals surface area contributed by atoms with Crippen LogP contribution in [0.25, 0.3) is 22.6 Å². The van der Waals surface area contributed by atoms with Crippen molar-refractivity contribution in [1.82, 2.24) is 4.98 Å². The molecule has 112 valence electrons. The third-order valence-corrected chi connectivity index (χ3v) is 3.44. The second kappa shape index (κ2) is 5.64. The Balaban J connectivity index is 1.95. The van der Waals surface area contributed by atoms with E-state index >= 15 is 0 Å². The third-order valence-electron chi connectivity index (χ3n) is 3.44. The zero-order valence-corrected chi connectivity index (χ0v) is 12.9. The summed E-state index contributed by atoms with van der Waals surface area (Å²) in [6.07, 6.45) is 0. The second-order valence-electron chi connectivity index (χ2n) is 5.71. The molecule has 1 N–H and O–H groups in total. The van der Waals surface area contributed by atoms with Gasteiger partial charge in [-0.25, -0.2) is 4.98 Å². The number of rotatable bonds is 3. The summed E-state index contributed by atoms with van der Waals surface area (Å²) >= 11 is 0. The van der Waals surface area contributed by atoms with Gasteiger partial charge in [-0.1, -0.05) is 31.5 Å². The number of carbonyl (C=O) groups is 1. The van der Waals surface area contributed by atoms with Crippen LogP contribution in [0.3, 0.4) is 0 Å². The SMILES string of the molecule is Cc1cccc(-c2nc3cc(NC(=O)C(C)C)ccc3o2)c1. The topological polar surface area (TPSA) is 55.1 Å². The zero-order valence-electron chi connectivity index (χ0n) is 12.9. The molecular formula is C18H18N2O2. The summed E-state index contributed by atoms with van der Waals surface area (Å²) in [7, 11) is 0. The van der Waals surface area contributed by atoms with Gasteiger partial charge in [-0.15, -0.1) is 0 Å². The Kier molecular flexibility index (Phi) is 3.67. The third kappa shape index (κ3) is 2.86. The maximum atomic E-state index is 11.8. The average molecular weight is 294 g/mol. The van der Waals surface area contributed by atoms with Crippen molar-refractivity contribution in [3.63, 3.8) is 0 Å². The largest absolute Gasteiger partial charge is 0.436 e. The molecule has 0 unspecified atom stereocenters. The molecule has 3 rings (SSSR count). The summed E-state index contributed by atoms with van der Waals surface area (Å²) < 4.78 is 5.79. The molecule has 3 aromatic rings. The molecule has 1 amide bonds. The van der Waals surface area contributed by atoms with Gasteiger partial charge in [-0.2, -0.15) is 0 Å². The molecule has 0 atom stereocenters. The fourth-order valence-corrected chi connectivity index (χ4v) is 2.19. The minimum Gasteiger partial charge on any atom is -0.436 e. The zero-order chi connectivity index (χ0) is 15.7. The quantitative estimate of drug-likeness (QED) is 0.779. The van der Waals surface area contributed by atoms with Gasteiger partial charge < -0.3 is 9.73 Å². The summed E-state index contributed by atoms with van der Waals surface area (Å²) in [6, 6.07) is 13.5. The smallest absolute Gasteiger partial charge is 0.227 e. The number of carbonyl (C=O) groups excluding carboxylic acids is 1. The van der Waals surface area contributed by atoms with E-state index in [2.05, 4.69) is 10.3 Å². The Morgan fingerprint density at radius 3 is 2.73 bits per heavy atom. The molecule has 1 aromatic heterocycles. The summed E-state index contributed by atoms with van der Waals surface area (Å²) in [4.78, 5) is 16.3. The number of hydrogen-bond acceptors (Lipinski definition) is 3. The van der Waals surface area contributed by atoms with Crippen LogP contribution in [0.2, 0.25) is 0 Å². The van der Waals surface area contributed by atoms with E-state index in [1.165, 1.54) is 0 Å². The second-order valence-corrected chi connectivity index (χ2v) is 5.71. The Labute approximate surface area is 129 Å². The Bertz CT molecular complexity index is 834. The van der Waals surface area contributed by atoms with Crippen molar-refractivity contribution in [1.29, 1.82) is 0 Å². The normalized spacial score (nSPS) is 11.1. The number of hydrogen-bond donors (Lipinski definition) is 1. The molecule has 0 saturated carbocycles.